The van der Waals surface area contributed by atoms with Crippen molar-refractivity contribution >= 4 is 5.69 Å². The molecular weight excluding hydrogens is 227 g/mol. The Bertz CT molecular complexity index is 427. The van der Waals surface area contributed by atoms with E-state index < -0.39 is 0 Å². The monoisotopic (exact) mass is 248 g/mol. The maximum atomic E-state index is 14.2. The van der Waals surface area contributed by atoms with Gasteiger partial charge in [-0.3, -0.25) is 0 Å². The van der Waals surface area contributed by atoms with Crippen molar-refractivity contribution in [2.45, 2.75) is 31.8 Å². The molecule has 1 saturated carbocycles. The third-order valence-electron chi connectivity index (χ3n) is 3.53. The Morgan fingerprint density at radius 2 is 2.28 bits per heavy atom. The summed E-state index contributed by atoms with van der Waals surface area (Å²) in [5.74, 6) is -0.136. The molecule has 1 aliphatic rings. The first kappa shape index (κ1) is 13.1. The minimum Gasteiger partial charge on any atom is -0.362 e. The van der Waals surface area contributed by atoms with Crippen LogP contribution in [-0.4, -0.2) is 19.6 Å². The zero-order valence-electron chi connectivity index (χ0n) is 11.1. The number of anilines is 1. The minimum atomic E-state index is -0.136. The molecule has 18 heavy (non-hydrogen) atoms. The molecule has 1 unspecified atom stereocenters. The Morgan fingerprint density at radius 1 is 1.56 bits per heavy atom. The molecule has 3 heteroatoms. The van der Waals surface area contributed by atoms with Gasteiger partial charge < -0.3 is 10.2 Å². The second-order valence-electron chi connectivity index (χ2n) is 4.89. The number of rotatable bonds is 6. The molecule has 0 heterocycles. The predicted octanol–water partition coefficient (Wildman–Crippen LogP) is 3.26. The summed E-state index contributed by atoms with van der Waals surface area (Å²) >= 11 is 0. The largest absolute Gasteiger partial charge is 0.362 e. The fourth-order valence-corrected chi connectivity index (χ4v) is 2.16. The van der Waals surface area contributed by atoms with Gasteiger partial charge in [-0.25, -0.2) is 4.39 Å². The average Bonchev–Trinajstić information content (AvgIpc) is 3.19. The van der Waals surface area contributed by atoms with Crippen LogP contribution in [0.1, 0.15) is 31.4 Å². The van der Waals surface area contributed by atoms with Crippen LogP contribution in [0, 0.1) is 5.82 Å². The summed E-state index contributed by atoms with van der Waals surface area (Å²) in [7, 11) is 1.88. The van der Waals surface area contributed by atoms with Gasteiger partial charge in [0.05, 0.1) is 5.69 Å². The van der Waals surface area contributed by atoms with Crippen molar-refractivity contribution in [3.05, 3.63) is 42.2 Å². The fourth-order valence-electron chi connectivity index (χ4n) is 2.16. The Balaban J connectivity index is 2.24. The predicted molar refractivity (Wildman–Crippen MR) is 74.4 cm³/mol. The molecule has 0 aliphatic heterocycles. The SMILES string of the molecule is C=CCN(c1ccc(C(C)NC)cc1F)C1CC1. The molecule has 2 rings (SSSR count). The van der Waals surface area contributed by atoms with Crippen molar-refractivity contribution in [3.63, 3.8) is 0 Å². The molecule has 1 N–H and O–H groups in total. The Morgan fingerprint density at radius 3 is 2.78 bits per heavy atom. The van der Waals surface area contributed by atoms with Gasteiger partial charge in [0, 0.05) is 18.6 Å². The van der Waals surface area contributed by atoms with Crippen LogP contribution in [0.25, 0.3) is 0 Å². The molecule has 0 aromatic heterocycles. The molecule has 0 amide bonds. The summed E-state index contributed by atoms with van der Waals surface area (Å²) in [6, 6.07) is 6.18. The van der Waals surface area contributed by atoms with Gasteiger partial charge in [-0.2, -0.15) is 0 Å². The highest BCUT2D eigenvalue weighted by Gasteiger charge is 2.29. The number of halogens is 1. The normalized spacial score (nSPS) is 16.4. The molecule has 0 saturated heterocycles. The quantitative estimate of drug-likeness (QED) is 0.777. The first-order valence-electron chi connectivity index (χ1n) is 6.51. The Kier molecular flexibility index (Phi) is 4.02. The van der Waals surface area contributed by atoms with Crippen LogP contribution >= 0.6 is 0 Å². The molecule has 0 bridgehead atoms. The number of nitrogens with one attached hydrogen (secondary N) is 1. The summed E-state index contributed by atoms with van der Waals surface area (Å²) in [6.07, 6.45) is 4.14. The van der Waals surface area contributed by atoms with Crippen molar-refractivity contribution in [1.82, 2.24) is 5.32 Å². The highest BCUT2D eigenvalue weighted by atomic mass is 19.1. The highest BCUT2D eigenvalue weighted by molar-refractivity contribution is 5.52. The lowest BCUT2D eigenvalue weighted by Gasteiger charge is -2.24. The van der Waals surface area contributed by atoms with E-state index in [1.165, 1.54) is 0 Å². The van der Waals surface area contributed by atoms with Crippen molar-refractivity contribution in [2.75, 3.05) is 18.5 Å². The molecule has 1 aromatic rings. The second kappa shape index (κ2) is 5.53. The van der Waals surface area contributed by atoms with E-state index in [0.717, 1.165) is 18.4 Å². The van der Waals surface area contributed by atoms with Gasteiger partial charge in [-0.1, -0.05) is 12.1 Å². The minimum absolute atomic E-state index is 0.136. The van der Waals surface area contributed by atoms with Crippen molar-refractivity contribution < 1.29 is 4.39 Å². The summed E-state index contributed by atoms with van der Waals surface area (Å²) in [6.45, 7) is 6.49. The van der Waals surface area contributed by atoms with Crippen LogP contribution < -0.4 is 10.2 Å². The van der Waals surface area contributed by atoms with E-state index in [2.05, 4.69) is 16.8 Å². The first-order chi connectivity index (χ1) is 8.67. The Hall–Kier alpha value is -1.35. The third-order valence-corrected chi connectivity index (χ3v) is 3.53. The van der Waals surface area contributed by atoms with Gasteiger partial charge in [0.2, 0.25) is 0 Å². The van der Waals surface area contributed by atoms with Gasteiger partial charge in [0.25, 0.3) is 0 Å². The Labute approximate surface area is 108 Å². The van der Waals surface area contributed by atoms with Gasteiger partial charge >= 0.3 is 0 Å². The van der Waals surface area contributed by atoms with E-state index >= 15 is 0 Å². The molecule has 1 atom stereocenters. The lowest BCUT2D eigenvalue weighted by atomic mass is 10.1. The van der Waals surface area contributed by atoms with Crippen molar-refractivity contribution in [1.29, 1.82) is 0 Å². The lowest BCUT2D eigenvalue weighted by Crippen LogP contribution is -2.26. The number of hydrogen-bond acceptors (Lipinski definition) is 2. The maximum Gasteiger partial charge on any atom is 0.146 e. The van der Waals surface area contributed by atoms with Crippen LogP contribution in [-0.2, 0) is 0 Å². The van der Waals surface area contributed by atoms with Crippen molar-refractivity contribution in [3.8, 4) is 0 Å². The smallest absolute Gasteiger partial charge is 0.146 e. The molecule has 1 fully saturated rings. The van der Waals surface area contributed by atoms with Crippen molar-refractivity contribution in [2.24, 2.45) is 0 Å². The van der Waals surface area contributed by atoms with Crippen LogP contribution in [0.2, 0.25) is 0 Å². The molecule has 0 spiro atoms. The highest BCUT2D eigenvalue weighted by Crippen LogP contribution is 2.33. The van der Waals surface area contributed by atoms with Gasteiger partial charge in [-0.05, 0) is 44.5 Å². The molecule has 98 valence electrons. The van der Waals surface area contributed by atoms with E-state index in [9.17, 15) is 4.39 Å². The first-order valence-corrected chi connectivity index (χ1v) is 6.51. The fraction of sp³-hybridized carbons (Fsp3) is 0.467. The zero-order chi connectivity index (χ0) is 13.1. The average molecular weight is 248 g/mol. The number of nitrogens with zero attached hydrogens (tertiary/aromatic N) is 1. The summed E-state index contributed by atoms with van der Waals surface area (Å²) in [5.41, 5.74) is 1.68. The van der Waals surface area contributed by atoms with E-state index in [4.69, 9.17) is 0 Å². The van der Waals surface area contributed by atoms with E-state index in [1.54, 1.807) is 6.07 Å². The summed E-state index contributed by atoms with van der Waals surface area (Å²) in [4.78, 5) is 2.11. The molecule has 1 aliphatic carbocycles. The van der Waals surface area contributed by atoms with Crippen LogP contribution in [0.4, 0.5) is 10.1 Å². The zero-order valence-corrected chi connectivity index (χ0v) is 11.1. The molecule has 0 radical (unpaired) electrons. The lowest BCUT2D eigenvalue weighted by molar-refractivity contribution is 0.602. The van der Waals surface area contributed by atoms with Crippen LogP contribution in [0.5, 0.6) is 0 Å². The maximum absolute atomic E-state index is 14.2. The second-order valence-corrected chi connectivity index (χ2v) is 4.89. The number of benzene rings is 1. The molecule has 2 nitrogen and oxygen atoms in total. The molecule has 1 aromatic carbocycles. The topological polar surface area (TPSA) is 15.3 Å². The summed E-state index contributed by atoms with van der Waals surface area (Å²) in [5, 5.41) is 3.12. The van der Waals surface area contributed by atoms with E-state index in [0.29, 0.717) is 18.3 Å². The number of hydrogen-bond donors (Lipinski definition) is 1. The standard InChI is InChI=1S/C15H21FN2/c1-4-9-18(13-6-7-13)15-8-5-12(10-14(15)16)11(2)17-3/h4-5,8,10-11,13,17H,1,6-7,9H2,2-3H3. The van der Waals surface area contributed by atoms with Crippen LogP contribution in [0.3, 0.4) is 0 Å². The third kappa shape index (κ3) is 2.72. The van der Waals surface area contributed by atoms with Gasteiger partial charge in [0.15, 0.2) is 0 Å². The van der Waals surface area contributed by atoms with E-state index in [-0.39, 0.29) is 11.9 Å². The summed E-state index contributed by atoms with van der Waals surface area (Å²) < 4.78 is 14.2. The van der Waals surface area contributed by atoms with Gasteiger partial charge in [-0.15, -0.1) is 6.58 Å². The van der Waals surface area contributed by atoms with Gasteiger partial charge in [0.1, 0.15) is 5.82 Å². The molecular formula is C15H21FN2. The van der Waals surface area contributed by atoms with Crippen LogP contribution in [0.15, 0.2) is 30.9 Å². The van der Waals surface area contributed by atoms with E-state index in [1.807, 2.05) is 32.2 Å².